The summed E-state index contributed by atoms with van der Waals surface area (Å²) >= 11 is 0. The van der Waals surface area contributed by atoms with E-state index in [1.807, 2.05) is 19.9 Å². The van der Waals surface area contributed by atoms with Crippen molar-refractivity contribution in [1.82, 2.24) is 5.32 Å². The summed E-state index contributed by atoms with van der Waals surface area (Å²) in [5.41, 5.74) is 6.88. The van der Waals surface area contributed by atoms with Crippen LogP contribution >= 0.6 is 0 Å². The van der Waals surface area contributed by atoms with Gasteiger partial charge in [0.1, 0.15) is 0 Å². The molecular formula is C9H20N2. The second-order valence-electron chi connectivity index (χ2n) is 4.08. The fourth-order valence-corrected chi connectivity index (χ4v) is 1.03. The summed E-state index contributed by atoms with van der Waals surface area (Å²) in [6, 6.07) is 0.129. The van der Waals surface area contributed by atoms with E-state index in [1.54, 1.807) is 0 Å². The molecule has 0 fully saturated rings. The maximum Gasteiger partial charge on any atom is 0.0286 e. The minimum atomic E-state index is 0.129. The zero-order valence-corrected chi connectivity index (χ0v) is 8.23. The molecule has 0 bridgehead atoms. The molecule has 0 radical (unpaired) electrons. The van der Waals surface area contributed by atoms with Gasteiger partial charge >= 0.3 is 0 Å². The fourth-order valence-electron chi connectivity index (χ4n) is 1.03. The second-order valence-corrected chi connectivity index (χ2v) is 4.08. The predicted molar refractivity (Wildman–Crippen MR) is 50.3 cm³/mol. The van der Waals surface area contributed by atoms with Crippen molar-refractivity contribution < 1.29 is 0 Å². The van der Waals surface area contributed by atoms with E-state index in [0.717, 1.165) is 5.70 Å². The van der Waals surface area contributed by atoms with Gasteiger partial charge in [-0.25, -0.2) is 0 Å². The van der Waals surface area contributed by atoms with Crippen LogP contribution in [-0.4, -0.2) is 11.6 Å². The van der Waals surface area contributed by atoms with E-state index in [-0.39, 0.29) is 11.6 Å². The molecule has 0 aromatic carbocycles. The Labute approximate surface area is 69.9 Å². The van der Waals surface area contributed by atoms with E-state index < -0.39 is 0 Å². The van der Waals surface area contributed by atoms with Crippen LogP contribution in [0.2, 0.25) is 0 Å². The molecule has 0 spiro atoms. The third-order valence-corrected chi connectivity index (χ3v) is 1.09. The molecule has 0 aromatic heterocycles. The van der Waals surface area contributed by atoms with Crippen molar-refractivity contribution in [2.75, 3.05) is 0 Å². The van der Waals surface area contributed by atoms with E-state index in [9.17, 15) is 0 Å². The zero-order chi connectivity index (χ0) is 9.07. The van der Waals surface area contributed by atoms with Gasteiger partial charge in [0, 0.05) is 17.3 Å². The van der Waals surface area contributed by atoms with Gasteiger partial charge in [0.25, 0.3) is 0 Å². The van der Waals surface area contributed by atoms with Crippen molar-refractivity contribution in [2.45, 2.75) is 46.2 Å². The van der Waals surface area contributed by atoms with E-state index in [0.29, 0.717) is 0 Å². The summed E-state index contributed by atoms with van der Waals surface area (Å²) in [6.45, 7) is 10.4. The van der Waals surface area contributed by atoms with Gasteiger partial charge in [-0.05, 0) is 40.7 Å². The number of rotatable bonds is 2. The normalized spacial score (nSPS) is 16.4. The average Bonchev–Trinajstić information content (AvgIpc) is 1.53. The maximum atomic E-state index is 5.60. The van der Waals surface area contributed by atoms with Crippen LogP contribution < -0.4 is 11.1 Å². The van der Waals surface area contributed by atoms with Crippen LogP contribution in [0.1, 0.15) is 34.6 Å². The lowest BCUT2D eigenvalue weighted by Crippen LogP contribution is -2.34. The highest BCUT2D eigenvalue weighted by molar-refractivity contribution is 5.02. The van der Waals surface area contributed by atoms with Crippen LogP contribution in [0.4, 0.5) is 0 Å². The first-order chi connectivity index (χ1) is 4.81. The largest absolute Gasteiger partial charge is 0.384 e. The minimum absolute atomic E-state index is 0.129. The molecule has 0 aliphatic carbocycles. The predicted octanol–water partition coefficient (Wildman–Crippen LogP) is 1.63. The SMILES string of the molecule is C/C(=C/C(C)N)NC(C)(C)C. The van der Waals surface area contributed by atoms with Crippen molar-refractivity contribution >= 4 is 0 Å². The Morgan fingerprint density at radius 3 is 2.18 bits per heavy atom. The molecule has 1 unspecified atom stereocenters. The topological polar surface area (TPSA) is 38.0 Å². The lowest BCUT2D eigenvalue weighted by molar-refractivity contribution is 0.472. The van der Waals surface area contributed by atoms with Gasteiger partial charge in [-0.3, -0.25) is 0 Å². The summed E-state index contributed by atoms with van der Waals surface area (Å²) in [6.07, 6.45) is 2.02. The number of nitrogens with two attached hydrogens (primary N) is 1. The van der Waals surface area contributed by atoms with Crippen LogP contribution in [0.5, 0.6) is 0 Å². The lowest BCUT2D eigenvalue weighted by Gasteiger charge is -2.22. The Bertz CT molecular complexity index is 140. The van der Waals surface area contributed by atoms with Gasteiger partial charge in [-0.1, -0.05) is 0 Å². The quantitative estimate of drug-likeness (QED) is 0.637. The standard InChI is InChI=1S/C9H20N2/c1-7(10)6-8(2)11-9(3,4)5/h6-7,11H,10H2,1-5H3/b8-6-. The van der Waals surface area contributed by atoms with Crippen molar-refractivity contribution in [1.29, 1.82) is 0 Å². The molecule has 11 heavy (non-hydrogen) atoms. The fraction of sp³-hybridized carbons (Fsp3) is 0.778. The van der Waals surface area contributed by atoms with E-state index >= 15 is 0 Å². The van der Waals surface area contributed by atoms with Crippen molar-refractivity contribution in [3.63, 3.8) is 0 Å². The zero-order valence-electron chi connectivity index (χ0n) is 8.23. The van der Waals surface area contributed by atoms with Gasteiger partial charge < -0.3 is 11.1 Å². The molecule has 2 nitrogen and oxygen atoms in total. The van der Waals surface area contributed by atoms with Crippen LogP contribution in [0.3, 0.4) is 0 Å². The van der Waals surface area contributed by atoms with Gasteiger partial charge in [0.2, 0.25) is 0 Å². The number of nitrogens with one attached hydrogen (secondary N) is 1. The summed E-state index contributed by atoms with van der Waals surface area (Å²) < 4.78 is 0. The van der Waals surface area contributed by atoms with Crippen molar-refractivity contribution in [3.8, 4) is 0 Å². The molecular weight excluding hydrogens is 136 g/mol. The summed E-state index contributed by atoms with van der Waals surface area (Å²) in [7, 11) is 0. The van der Waals surface area contributed by atoms with Crippen molar-refractivity contribution in [3.05, 3.63) is 11.8 Å². The highest BCUT2D eigenvalue weighted by Gasteiger charge is 2.07. The van der Waals surface area contributed by atoms with Crippen molar-refractivity contribution in [2.24, 2.45) is 5.73 Å². The third-order valence-electron chi connectivity index (χ3n) is 1.09. The number of hydrogen-bond acceptors (Lipinski definition) is 2. The Hall–Kier alpha value is -0.500. The molecule has 0 aliphatic rings. The Morgan fingerprint density at radius 2 is 1.91 bits per heavy atom. The lowest BCUT2D eigenvalue weighted by atomic mass is 10.1. The third kappa shape index (κ3) is 7.40. The van der Waals surface area contributed by atoms with Gasteiger partial charge in [-0.2, -0.15) is 0 Å². The molecule has 0 heterocycles. The van der Waals surface area contributed by atoms with Crippen LogP contribution in [-0.2, 0) is 0 Å². The number of hydrogen-bond donors (Lipinski definition) is 2. The van der Waals surface area contributed by atoms with Crippen LogP contribution in [0.15, 0.2) is 11.8 Å². The average molecular weight is 156 g/mol. The maximum absolute atomic E-state index is 5.60. The van der Waals surface area contributed by atoms with E-state index in [2.05, 4.69) is 26.1 Å². The first-order valence-electron chi connectivity index (χ1n) is 4.03. The number of allylic oxidation sites excluding steroid dienone is 1. The second kappa shape index (κ2) is 3.77. The summed E-state index contributed by atoms with van der Waals surface area (Å²) in [4.78, 5) is 0. The van der Waals surface area contributed by atoms with E-state index in [1.165, 1.54) is 0 Å². The van der Waals surface area contributed by atoms with Gasteiger partial charge in [-0.15, -0.1) is 0 Å². The summed E-state index contributed by atoms with van der Waals surface area (Å²) in [5.74, 6) is 0. The molecule has 0 saturated heterocycles. The molecule has 0 aliphatic heterocycles. The molecule has 66 valence electrons. The monoisotopic (exact) mass is 156 g/mol. The highest BCUT2D eigenvalue weighted by atomic mass is 15.0. The Morgan fingerprint density at radius 1 is 1.45 bits per heavy atom. The van der Waals surface area contributed by atoms with Gasteiger partial charge in [0.15, 0.2) is 0 Å². The molecule has 2 heteroatoms. The smallest absolute Gasteiger partial charge is 0.0286 e. The van der Waals surface area contributed by atoms with Crippen LogP contribution in [0, 0.1) is 0 Å². The highest BCUT2D eigenvalue weighted by Crippen LogP contribution is 2.02. The first kappa shape index (κ1) is 10.5. The minimum Gasteiger partial charge on any atom is -0.384 e. The first-order valence-corrected chi connectivity index (χ1v) is 4.03. The Balaban J connectivity index is 3.97. The molecule has 1 atom stereocenters. The summed E-state index contributed by atoms with van der Waals surface area (Å²) in [5, 5.41) is 3.33. The molecule has 0 aromatic rings. The molecule has 0 saturated carbocycles. The molecule has 3 N–H and O–H groups in total. The Kier molecular flexibility index (Phi) is 3.59. The van der Waals surface area contributed by atoms with Gasteiger partial charge in [0.05, 0.1) is 0 Å². The van der Waals surface area contributed by atoms with E-state index in [4.69, 9.17) is 5.73 Å². The molecule has 0 rings (SSSR count). The molecule has 0 amide bonds. The van der Waals surface area contributed by atoms with Crippen LogP contribution in [0.25, 0.3) is 0 Å².